The second-order valence-corrected chi connectivity index (χ2v) is 6.65. The molecular weight excluding hydrogens is 324 g/mol. The number of hydrogen-bond donors (Lipinski definition) is 2. The summed E-state index contributed by atoms with van der Waals surface area (Å²) >= 11 is 0. The number of nitrogens with one attached hydrogen (secondary N) is 1. The predicted molar refractivity (Wildman–Crippen MR) is 89.5 cm³/mol. The number of benzene rings is 1. The molecule has 2 aliphatic heterocycles. The van der Waals surface area contributed by atoms with E-state index in [0.29, 0.717) is 37.7 Å². The highest BCUT2D eigenvalue weighted by Gasteiger charge is 2.44. The van der Waals surface area contributed by atoms with Crippen molar-refractivity contribution in [1.29, 1.82) is 0 Å². The summed E-state index contributed by atoms with van der Waals surface area (Å²) in [5, 5.41) is 8.79. The van der Waals surface area contributed by atoms with Crippen LogP contribution in [-0.2, 0) is 9.53 Å². The Kier molecular flexibility index (Phi) is 4.96. The Labute approximate surface area is 146 Å². The van der Waals surface area contributed by atoms with Crippen LogP contribution in [0.5, 0.6) is 5.75 Å². The average Bonchev–Trinajstić information content (AvgIpc) is 3.07. The molecule has 7 nitrogen and oxygen atoms in total. The van der Waals surface area contributed by atoms with Crippen molar-refractivity contribution in [2.75, 3.05) is 26.4 Å². The molecule has 0 aromatic heterocycles. The monoisotopic (exact) mass is 348 g/mol. The van der Waals surface area contributed by atoms with Crippen LogP contribution in [0.15, 0.2) is 18.2 Å². The van der Waals surface area contributed by atoms with Crippen LogP contribution in [0.4, 0.5) is 0 Å². The van der Waals surface area contributed by atoms with Crippen molar-refractivity contribution in [2.24, 2.45) is 5.41 Å². The molecule has 3 rings (SSSR count). The van der Waals surface area contributed by atoms with E-state index in [1.807, 2.05) is 18.7 Å². The van der Waals surface area contributed by atoms with E-state index in [-0.39, 0.29) is 11.9 Å². The molecule has 7 heteroatoms. The van der Waals surface area contributed by atoms with Crippen molar-refractivity contribution in [1.82, 2.24) is 10.4 Å². The molecule has 0 aliphatic carbocycles. The molecule has 0 radical (unpaired) electrons. The second kappa shape index (κ2) is 7.01. The predicted octanol–water partition coefficient (Wildman–Crippen LogP) is 1.90. The number of carbonyl (C=O) groups is 2. The largest absolute Gasteiger partial charge is 0.491 e. The minimum absolute atomic E-state index is 0.105. The molecule has 0 bridgehead atoms. The van der Waals surface area contributed by atoms with Crippen molar-refractivity contribution in [3.05, 3.63) is 29.3 Å². The maximum absolute atomic E-state index is 13.2. The fraction of sp³-hybridized carbons (Fsp3) is 0.556. The van der Waals surface area contributed by atoms with Gasteiger partial charge in [0, 0.05) is 17.7 Å². The summed E-state index contributed by atoms with van der Waals surface area (Å²) in [6, 6.07) is 4.83. The lowest BCUT2D eigenvalue weighted by atomic mass is 9.82. The number of rotatable bonds is 3. The van der Waals surface area contributed by atoms with Gasteiger partial charge in [0.25, 0.3) is 5.91 Å². The summed E-state index contributed by atoms with van der Waals surface area (Å²) in [6.07, 6.45) is 1.49. The molecule has 1 fully saturated rings. The molecular formula is C18H24N2O5. The normalized spacial score (nSPS) is 25.7. The molecule has 2 amide bonds. The minimum Gasteiger partial charge on any atom is -0.491 e. The van der Waals surface area contributed by atoms with E-state index in [9.17, 15) is 9.59 Å². The Bertz CT molecular complexity index is 669. The van der Waals surface area contributed by atoms with Crippen LogP contribution in [0.25, 0.3) is 0 Å². The summed E-state index contributed by atoms with van der Waals surface area (Å²) in [7, 11) is 0. The van der Waals surface area contributed by atoms with Gasteiger partial charge in [0.2, 0.25) is 5.91 Å². The van der Waals surface area contributed by atoms with Crippen LogP contribution in [0, 0.1) is 5.41 Å². The van der Waals surface area contributed by atoms with Gasteiger partial charge in [-0.25, -0.2) is 5.48 Å². The highest BCUT2D eigenvalue weighted by molar-refractivity contribution is 5.94. The third-order valence-corrected chi connectivity index (χ3v) is 5.38. The van der Waals surface area contributed by atoms with E-state index < -0.39 is 11.3 Å². The van der Waals surface area contributed by atoms with Gasteiger partial charge in [-0.05, 0) is 31.9 Å². The standard InChI is InChI=1S/C18H24N2O5/c1-3-18(6-8-24-11-18)17(22)20-7-9-25-15-10-13(16(21)19-23)4-5-14(15)12(20)2/h4-5,10,12,23H,3,6-9,11H2,1-2H3,(H,19,21). The molecule has 1 saturated heterocycles. The summed E-state index contributed by atoms with van der Waals surface area (Å²) in [5.74, 6) is 0.0787. The summed E-state index contributed by atoms with van der Waals surface area (Å²) in [5.41, 5.74) is 2.33. The van der Waals surface area contributed by atoms with E-state index in [0.717, 1.165) is 18.4 Å². The highest BCUT2D eigenvalue weighted by atomic mass is 16.5. The van der Waals surface area contributed by atoms with E-state index in [4.69, 9.17) is 14.7 Å². The Morgan fingerprint density at radius 2 is 2.20 bits per heavy atom. The molecule has 2 aliphatic rings. The second-order valence-electron chi connectivity index (χ2n) is 6.65. The number of fused-ring (bicyclic) bond motifs is 1. The van der Waals surface area contributed by atoms with Crippen LogP contribution >= 0.6 is 0 Å². The molecule has 136 valence electrons. The van der Waals surface area contributed by atoms with Crippen LogP contribution < -0.4 is 10.2 Å². The van der Waals surface area contributed by atoms with E-state index >= 15 is 0 Å². The Hall–Kier alpha value is -2.12. The molecule has 2 unspecified atom stereocenters. The van der Waals surface area contributed by atoms with Crippen molar-refractivity contribution in [2.45, 2.75) is 32.7 Å². The lowest BCUT2D eigenvalue weighted by Gasteiger charge is -2.35. The number of nitrogens with zero attached hydrogens (tertiary/aromatic N) is 1. The van der Waals surface area contributed by atoms with E-state index in [2.05, 4.69) is 0 Å². The fourth-order valence-corrected chi connectivity index (χ4v) is 3.61. The molecule has 25 heavy (non-hydrogen) atoms. The summed E-state index contributed by atoms with van der Waals surface area (Å²) in [6.45, 7) is 5.92. The number of ether oxygens (including phenoxy) is 2. The molecule has 1 aromatic rings. The quantitative estimate of drug-likeness (QED) is 0.643. The highest BCUT2D eigenvalue weighted by Crippen LogP contribution is 2.39. The molecule has 2 atom stereocenters. The molecule has 1 aromatic carbocycles. The van der Waals surface area contributed by atoms with Gasteiger partial charge in [-0.15, -0.1) is 0 Å². The zero-order valence-electron chi connectivity index (χ0n) is 14.6. The van der Waals surface area contributed by atoms with Crippen molar-refractivity contribution < 1.29 is 24.3 Å². The Balaban J connectivity index is 1.90. The third-order valence-electron chi connectivity index (χ3n) is 5.38. The summed E-state index contributed by atoms with van der Waals surface area (Å²) in [4.78, 5) is 26.7. The van der Waals surface area contributed by atoms with Crippen molar-refractivity contribution >= 4 is 11.8 Å². The van der Waals surface area contributed by atoms with Gasteiger partial charge in [-0.1, -0.05) is 13.0 Å². The van der Waals surface area contributed by atoms with Gasteiger partial charge < -0.3 is 14.4 Å². The average molecular weight is 348 g/mol. The van der Waals surface area contributed by atoms with Crippen LogP contribution in [-0.4, -0.2) is 48.3 Å². The maximum atomic E-state index is 13.2. The van der Waals surface area contributed by atoms with Gasteiger partial charge in [0.15, 0.2) is 0 Å². The zero-order valence-corrected chi connectivity index (χ0v) is 14.6. The third kappa shape index (κ3) is 3.09. The lowest BCUT2D eigenvalue weighted by molar-refractivity contribution is -0.145. The Morgan fingerprint density at radius 3 is 2.84 bits per heavy atom. The smallest absolute Gasteiger partial charge is 0.274 e. The van der Waals surface area contributed by atoms with Crippen LogP contribution in [0.1, 0.15) is 48.7 Å². The molecule has 0 saturated carbocycles. The van der Waals surface area contributed by atoms with E-state index in [1.54, 1.807) is 23.7 Å². The minimum atomic E-state index is -0.593. The first-order chi connectivity index (χ1) is 12.0. The first kappa shape index (κ1) is 17.7. The summed E-state index contributed by atoms with van der Waals surface area (Å²) < 4.78 is 11.3. The molecule has 2 heterocycles. The fourth-order valence-electron chi connectivity index (χ4n) is 3.61. The van der Waals surface area contributed by atoms with Gasteiger partial charge in [-0.2, -0.15) is 0 Å². The number of amides is 2. The van der Waals surface area contributed by atoms with Gasteiger partial charge in [0.05, 0.1) is 24.6 Å². The van der Waals surface area contributed by atoms with Gasteiger partial charge in [-0.3, -0.25) is 14.8 Å². The van der Waals surface area contributed by atoms with Crippen LogP contribution in [0.2, 0.25) is 0 Å². The van der Waals surface area contributed by atoms with Crippen molar-refractivity contribution in [3.8, 4) is 5.75 Å². The van der Waals surface area contributed by atoms with Gasteiger partial charge in [0.1, 0.15) is 12.4 Å². The Morgan fingerprint density at radius 1 is 1.40 bits per heavy atom. The van der Waals surface area contributed by atoms with Gasteiger partial charge >= 0.3 is 0 Å². The van der Waals surface area contributed by atoms with Crippen molar-refractivity contribution in [3.63, 3.8) is 0 Å². The first-order valence-corrected chi connectivity index (χ1v) is 8.62. The molecule has 0 spiro atoms. The molecule has 2 N–H and O–H groups in total. The lowest BCUT2D eigenvalue weighted by Crippen LogP contribution is -2.46. The maximum Gasteiger partial charge on any atom is 0.274 e. The van der Waals surface area contributed by atoms with E-state index in [1.165, 1.54) is 0 Å². The zero-order chi connectivity index (χ0) is 18.0. The SMILES string of the molecule is CCC1(C(=O)N2CCOc3cc(C(=O)NO)ccc3C2C)CCOC1. The number of hydrogen-bond acceptors (Lipinski definition) is 5. The first-order valence-electron chi connectivity index (χ1n) is 8.62. The number of carbonyl (C=O) groups excluding carboxylic acids is 2. The van der Waals surface area contributed by atoms with Crippen LogP contribution in [0.3, 0.4) is 0 Å². The number of hydroxylamine groups is 1. The topological polar surface area (TPSA) is 88.1 Å².